The van der Waals surface area contributed by atoms with E-state index in [1.807, 2.05) is 23.1 Å². The van der Waals surface area contributed by atoms with Crippen LogP contribution in [0, 0.1) is 0 Å². The Morgan fingerprint density at radius 1 is 0.969 bits per heavy atom. The van der Waals surface area contributed by atoms with Crippen LogP contribution in [0.15, 0.2) is 48.5 Å². The normalized spacial score (nSPS) is 13.7. The summed E-state index contributed by atoms with van der Waals surface area (Å²) in [6, 6.07) is 14.4. The Labute approximate surface area is 195 Å². The maximum atomic E-state index is 13.1. The van der Waals surface area contributed by atoms with Gasteiger partial charge in [-0.15, -0.1) is 0 Å². The average Bonchev–Trinajstić information content (AvgIpc) is 3.09. The van der Waals surface area contributed by atoms with E-state index < -0.39 is 0 Å². The lowest BCUT2D eigenvalue weighted by atomic mass is 10.1. The van der Waals surface area contributed by atoms with Gasteiger partial charge in [-0.3, -0.25) is 14.9 Å². The van der Waals surface area contributed by atoms with Crippen LogP contribution >= 0.6 is 12.2 Å². The van der Waals surface area contributed by atoms with Crippen molar-refractivity contribution in [3.05, 3.63) is 59.7 Å². The Kier molecular flexibility index (Phi) is 9.04. The molecule has 0 unspecified atom stereocenters. The van der Waals surface area contributed by atoms with E-state index in [4.69, 9.17) is 17.0 Å². The zero-order valence-electron chi connectivity index (χ0n) is 18.6. The smallest absolute Gasteiger partial charge is 0.261 e. The lowest BCUT2D eigenvalue weighted by molar-refractivity contribution is 0.0762. The molecule has 0 aromatic heterocycles. The van der Waals surface area contributed by atoms with Gasteiger partial charge >= 0.3 is 0 Å². The fraction of sp³-hybridized carbons (Fsp3) is 0.400. The zero-order valence-corrected chi connectivity index (χ0v) is 19.4. The first-order valence-electron chi connectivity index (χ1n) is 11.3. The Balaban J connectivity index is 1.67. The number of carbonyl (C=O) groups excluding carboxylic acids is 2. The second kappa shape index (κ2) is 12.2. The molecule has 0 saturated carbocycles. The standard InChI is InChI=1S/C25H31N3O3S/c1-2-3-18-31-22-15-9-7-13-20(22)23(29)27-25(32)26-21-14-8-6-12-19(21)24(30)28-16-10-4-5-11-17-28/h6-9,12-15H,2-5,10-11,16-18H2,1H3,(H2,26,27,29,32). The highest BCUT2D eigenvalue weighted by Gasteiger charge is 2.21. The van der Waals surface area contributed by atoms with Crippen LogP contribution in [-0.2, 0) is 0 Å². The van der Waals surface area contributed by atoms with E-state index in [2.05, 4.69) is 17.6 Å². The number of anilines is 1. The predicted octanol–water partition coefficient (Wildman–Crippen LogP) is 5.01. The lowest BCUT2D eigenvalue weighted by Gasteiger charge is -2.22. The third-order valence-electron chi connectivity index (χ3n) is 5.41. The molecule has 1 aliphatic rings. The number of nitrogens with zero attached hydrogens (tertiary/aromatic N) is 1. The molecular weight excluding hydrogens is 422 g/mol. The summed E-state index contributed by atoms with van der Waals surface area (Å²) < 4.78 is 5.75. The minimum atomic E-state index is -0.356. The molecule has 2 N–H and O–H groups in total. The first-order chi connectivity index (χ1) is 15.6. The molecule has 0 atom stereocenters. The minimum Gasteiger partial charge on any atom is -0.493 e. The van der Waals surface area contributed by atoms with Gasteiger partial charge in [0.05, 0.1) is 23.4 Å². The molecule has 2 aromatic carbocycles. The van der Waals surface area contributed by atoms with E-state index in [1.54, 1.807) is 30.3 Å². The third-order valence-corrected chi connectivity index (χ3v) is 5.62. The molecule has 7 heteroatoms. The van der Waals surface area contributed by atoms with E-state index in [-0.39, 0.29) is 16.9 Å². The molecule has 0 radical (unpaired) electrons. The van der Waals surface area contributed by atoms with Crippen molar-refractivity contribution in [3.63, 3.8) is 0 Å². The van der Waals surface area contributed by atoms with Crippen molar-refractivity contribution in [1.29, 1.82) is 0 Å². The molecule has 1 heterocycles. The second-order valence-corrected chi connectivity index (χ2v) is 8.27. The summed E-state index contributed by atoms with van der Waals surface area (Å²) in [5.74, 6) is 0.155. The van der Waals surface area contributed by atoms with Crippen molar-refractivity contribution in [2.24, 2.45) is 0 Å². The fourth-order valence-corrected chi connectivity index (χ4v) is 3.86. The number of amides is 2. The topological polar surface area (TPSA) is 70.7 Å². The molecule has 32 heavy (non-hydrogen) atoms. The molecule has 0 aliphatic carbocycles. The number of likely N-dealkylation sites (tertiary alicyclic amines) is 1. The molecule has 170 valence electrons. The van der Waals surface area contributed by atoms with Crippen LogP contribution in [0.4, 0.5) is 5.69 Å². The van der Waals surface area contributed by atoms with E-state index >= 15 is 0 Å². The molecule has 0 bridgehead atoms. The zero-order chi connectivity index (χ0) is 22.8. The lowest BCUT2D eigenvalue weighted by Crippen LogP contribution is -2.36. The van der Waals surface area contributed by atoms with Crippen LogP contribution in [0.1, 0.15) is 66.2 Å². The molecule has 2 amide bonds. The van der Waals surface area contributed by atoms with E-state index in [0.29, 0.717) is 29.2 Å². The monoisotopic (exact) mass is 453 g/mol. The summed E-state index contributed by atoms with van der Waals surface area (Å²) in [6.45, 7) is 4.17. The summed E-state index contributed by atoms with van der Waals surface area (Å²) in [5.41, 5.74) is 1.55. The van der Waals surface area contributed by atoms with Gasteiger partial charge in [-0.25, -0.2) is 0 Å². The van der Waals surface area contributed by atoms with Crippen LogP contribution in [0.2, 0.25) is 0 Å². The van der Waals surface area contributed by atoms with Gasteiger partial charge in [0.15, 0.2) is 5.11 Å². The van der Waals surface area contributed by atoms with Gasteiger partial charge in [0.2, 0.25) is 0 Å². The molecule has 1 fully saturated rings. The SMILES string of the molecule is CCCCOc1ccccc1C(=O)NC(=S)Nc1ccccc1C(=O)N1CCCCCC1. The highest BCUT2D eigenvalue weighted by atomic mass is 32.1. The summed E-state index contributed by atoms with van der Waals surface area (Å²) in [4.78, 5) is 27.8. The van der Waals surface area contributed by atoms with Crippen LogP contribution in [0.3, 0.4) is 0 Å². The molecule has 1 aliphatic heterocycles. The van der Waals surface area contributed by atoms with Crippen LogP contribution < -0.4 is 15.4 Å². The summed E-state index contributed by atoms with van der Waals surface area (Å²) in [6.07, 6.45) is 6.29. The van der Waals surface area contributed by atoms with Gasteiger partial charge < -0.3 is 15.0 Å². The molecule has 0 spiro atoms. The number of para-hydroxylation sites is 2. The Morgan fingerprint density at radius 3 is 2.34 bits per heavy atom. The van der Waals surface area contributed by atoms with Crippen molar-refractivity contribution in [3.8, 4) is 5.75 Å². The number of ether oxygens (including phenoxy) is 1. The second-order valence-electron chi connectivity index (χ2n) is 7.86. The van der Waals surface area contributed by atoms with Gasteiger partial charge in [0.1, 0.15) is 5.75 Å². The van der Waals surface area contributed by atoms with Crippen molar-refractivity contribution < 1.29 is 14.3 Å². The largest absolute Gasteiger partial charge is 0.493 e. The van der Waals surface area contributed by atoms with Crippen LogP contribution in [0.5, 0.6) is 5.75 Å². The fourth-order valence-electron chi connectivity index (χ4n) is 3.65. The first-order valence-corrected chi connectivity index (χ1v) is 11.7. The summed E-state index contributed by atoms with van der Waals surface area (Å²) in [5, 5.41) is 5.87. The number of nitrogens with one attached hydrogen (secondary N) is 2. The highest BCUT2D eigenvalue weighted by molar-refractivity contribution is 7.80. The molecule has 3 rings (SSSR count). The van der Waals surface area contributed by atoms with Gasteiger partial charge in [-0.05, 0) is 55.7 Å². The van der Waals surface area contributed by atoms with Gasteiger partial charge in [-0.1, -0.05) is 50.5 Å². The number of thiocarbonyl (C=S) groups is 1. The molecule has 6 nitrogen and oxygen atoms in total. The average molecular weight is 454 g/mol. The van der Waals surface area contributed by atoms with Gasteiger partial charge in [0.25, 0.3) is 11.8 Å². The maximum Gasteiger partial charge on any atom is 0.261 e. The van der Waals surface area contributed by atoms with E-state index in [9.17, 15) is 9.59 Å². The Morgan fingerprint density at radius 2 is 1.62 bits per heavy atom. The number of hydrogen-bond acceptors (Lipinski definition) is 4. The third kappa shape index (κ3) is 6.53. The Bertz CT molecular complexity index is 940. The quantitative estimate of drug-likeness (QED) is 0.456. The number of hydrogen-bond donors (Lipinski definition) is 2. The van der Waals surface area contributed by atoms with Crippen molar-refractivity contribution in [2.75, 3.05) is 25.0 Å². The number of unbranched alkanes of at least 4 members (excludes halogenated alkanes) is 1. The first kappa shape index (κ1) is 23.7. The summed E-state index contributed by atoms with van der Waals surface area (Å²) >= 11 is 5.38. The van der Waals surface area contributed by atoms with E-state index in [1.165, 1.54) is 0 Å². The van der Waals surface area contributed by atoms with Crippen LogP contribution in [0.25, 0.3) is 0 Å². The minimum absolute atomic E-state index is 0.0150. The van der Waals surface area contributed by atoms with Gasteiger partial charge in [0, 0.05) is 13.1 Å². The summed E-state index contributed by atoms with van der Waals surface area (Å²) in [7, 11) is 0. The molecular formula is C25H31N3O3S. The molecule has 2 aromatic rings. The molecule has 1 saturated heterocycles. The highest BCUT2D eigenvalue weighted by Crippen LogP contribution is 2.21. The van der Waals surface area contributed by atoms with Crippen LogP contribution in [-0.4, -0.2) is 41.5 Å². The van der Waals surface area contributed by atoms with Crippen molar-refractivity contribution in [2.45, 2.75) is 45.4 Å². The Hall–Kier alpha value is -2.93. The number of carbonyl (C=O) groups is 2. The number of benzene rings is 2. The predicted molar refractivity (Wildman–Crippen MR) is 131 cm³/mol. The van der Waals surface area contributed by atoms with Gasteiger partial charge in [-0.2, -0.15) is 0 Å². The number of rotatable bonds is 7. The van der Waals surface area contributed by atoms with Crippen molar-refractivity contribution >= 4 is 34.8 Å². The van der Waals surface area contributed by atoms with E-state index in [0.717, 1.165) is 51.6 Å². The van der Waals surface area contributed by atoms with Crippen molar-refractivity contribution in [1.82, 2.24) is 10.2 Å². The maximum absolute atomic E-state index is 13.1.